The fourth-order valence-corrected chi connectivity index (χ4v) is 3.75. The number of carbonyl (C=O) groups excluding carboxylic acids is 2. The maximum absolute atomic E-state index is 12.9. The van der Waals surface area contributed by atoms with Crippen molar-refractivity contribution in [2.75, 3.05) is 24.6 Å². The van der Waals surface area contributed by atoms with Crippen molar-refractivity contribution in [3.63, 3.8) is 0 Å². The largest absolute Gasteiger partial charge is 0.493 e. The van der Waals surface area contributed by atoms with Gasteiger partial charge in [0.2, 0.25) is 0 Å². The zero-order valence-electron chi connectivity index (χ0n) is 15.9. The van der Waals surface area contributed by atoms with E-state index in [9.17, 15) is 19.5 Å². The van der Waals surface area contributed by atoms with Gasteiger partial charge in [0.1, 0.15) is 5.75 Å². The number of urea groups is 1. The fourth-order valence-electron chi connectivity index (χ4n) is 3.75. The molecule has 2 heterocycles. The molecular weight excluding hydrogens is 374 g/mol. The van der Waals surface area contributed by atoms with Crippen LogP contribution in [0.3, 0.4) is 0 Å². The minimum absolute atomic E-state index is 0.213. The molecule has 4 rings (SSSR count). The number of ether oxygens (including phenoxy) is 1. The van der Waals surface area contributed by atoms with Crippen molar-refractivity contribution in [3.8, 4) is 5.75 Å². The van der Waals surface area contributed by atoms with Crippen molar-refractivity contribution < 1.29 is 24.2 Å². The van der Waals surface area contributed by atoms with E-state index in [1.165, 1.54) is 0 Å². The third-order valence-electron chi connectivity index (χ3n) is 5.27. The number of benzene rings is 2. The summed E-state index contributed by atoms with van der Waals surface area (Å²) in [6, 6.07) is 8.83. The van der Waals surface area contributed by atoms with Crippen molar-refractivity contribution in [3.05, 3.63) is 58.7 Å². The number of hydrogen-bond acceptors (Lipinski definition) is 4. The number of rotatable bonds is 5. The standard InChI is InChI=1S/C21H21N3O5/c1-12-15(3-2-4-16(12)24-9-8-22-21(24)28)19(25)23-18(20(26)27)14-5-6-17-13(11-14)7-10-29-17/h2-6,11,18H,7-10H2,1H3,(H,22,28)(H,23,25)(H,26,27). The van der Waals surface area contributed by atoms with E-state index in [4.69, 9.17) is 4.74 Å². The van der Waals surface area contributed by atoms with Gasteiger partial charge >= 0.3 is 12.0 Å². The van der Waals surface area contributed by atoms with E-state index in [2.05, 4.69) is 10.6 Å². The third-order valence-corrected chi connectivity index (χ3v) is 5.27. The number of anilines is 1. The average molecular weight is 395 g/mol. The number of fused-ring (bicyclic) bond motifs is 1. The highest BCUT2D eigenvalue weighted by Crippen LogP contribution is 2.29. The van der Waals surface area contributed by atoms with Gasteiger partial charge in [-0.25, -0.2) is 9.59 Å². The first-order valence-corrected chi connectivity index (χ1v) is 9.40. The van der Waals surface area contributed by atoms with Gasteiger partial charge in [-0.3, -0.25) is 9.69 Å². The van der Waals surface area contributed by atoms with Crippen molar-refractivity contribution in [1.82, 2.24) is 10.6 Å². The number of carboxylic acid groups (broad SMARTS) is 1. The maximum atomic E-state index is 12.9. The van der Waals surface area contributed by atoms with E-state index < -0.39 is 17.9 Å². The minimum Gasteiger partial charge on any atom is -0.493 e. The van der Waals surface area contributed by atoms with Gasteiger partial charge in [0.15, 0.2) is 6.04 Å². The zero-order valence-corrected chi connectivity index (χ0v) is 15.9. The van der Waals surface area contributed by atoms with Gasteiger partial charge in [-0.1, -0.05) is 12.1 Å². The molecule has 8 nitrogen and oxygen atoms in total. The van der Waals surface area contributed by atoms with Crippen molar-refractivity contribution in [2.45, 2.75) is 19.4 Å². The van der Waals surface area contributed by atoms with Gasteiger partial charge in [0.05, 0.1) is 6.61 Å². The molecule has 0 aromatic heterocycles. The van der Waals surface area contributed by atoms with E-state index in [1.54, 1.807) is 48.2 Å². The predicted molar refractivity (Wildman–Crippen MR) is 105 cm³/mol. The van der Waals surface area contributed by atoms with Gasteiger partial charge in [-0.2, -0.15) is 0 Å². The molecule has 0 aliphatic carbocycles. The second-order valence-electron chi connectivity index (χ2n) is 7.04. The normalized spacial score (nSPS) is 16.0. The van der Waals surface area contributed by atoms with Crippen molar-refractivity contribution in [1.29, 1.82) is 0 Å². The Morgan fingerprint density at radius 3 is 2.83 bits per heavy atom. The quantitative estimate of drug-likeness (QED) is 0.718. The molecule has 2 aromatic rings. The number of carboxylic acids is 1. The van der Waals surface area contributed by atoms with E-state index >= 15 is 0 Å². The summed E-state index contributed by atoms with van der Waals surface area (Å²) in [5.74, 6) is -0.908. The number of carbonyl (C=O) groups is 3. The van der Waals surface area contributed by atoms with Crippen molar-refractivity contribution >= 4 is 23.6 Å². The van der Waals surface area contributed by atoms with Crippen LogP contribution in [0.1, 0.15) is 33.1 Å². The lowest BCUT2D eigenvalue weighted by atomic mass is 10.0. The predicted octanol–water partition coefficient (Wildman–Crippen LogP) is 2.02. The van der Waals surface area contributed by atoms with Crippen LogP contribution < -0.4 is 20.3 Å². The molecule has 0 bridgehead atoms. The molecule has 1 fully saturated rings. The SMILES string of the molecule is Cc1c(C(=O)NC(C(=O)O)c2ccc3c(c2)CCO3)cccc1N1CCNC1=O. The second kappa shape index (κ2) is 7.46. The van der Waals surface area contributed by atoms with Crippen LogP contribution in [0.25, 0.3) is 0 Å². The van der Waals surface area contributed by atoms with Crippen LogP contribution in [0.4, 0.5) is 10.5 Å². The topological polar surface area (TPSA) is 108 Å². The van der Waals surface area contributed by atoms with Gasteiger partial charge in [0, 0.05) is 30.8 Å². The summed E-state index contributed by atoms with van der Waals surface area (Å²) in [7, 11) is 0. The lowest BCUT2D eigenvalue weighted by Crippen LogP contribution is -2.34. The molecule has 3 N–H and O–H groups in total. The summed E-state index contributed by atoms with van der Waals surface area (Å²) in [6.07, 6.45) is 0.711. The molecule has 0 spiro atoms. The molecule has 2 aromatic carbocycles. The fraction of sp³-hybridized carbons (Fsp3) is 0.286. The van der Waals surface area contributed by atoms with E-state index in [0.29, 0.717) is 48.5 Å². The maximum Gasteiger partial charge on any atom is 0.330 e. The molecule has 1 saturated heterocycles. The zero-order chi connectivity index (χ0) is 20.5. The average Bonchev–Trinajstić information content (AvgIpc) is 3.34. The Labute approximate surface area is 167 Å². The molecule has 3 amide bonds. The van der Waals surface area contributed by atoms with Crippen molar-refractivity contribution in [2.24, 2.45) is 0 Å². The molecule has 8 heteroatoms. The summed E-state index contributed by atoms with van der Waals surface area (Å²) in [6.45, 7) is 3.37. The Balaban J connectivity index is 1.60. The Morgan fingerprint density at radius 2 is 2.10 bits per heavy atom. The van der Waals surface area contributed by atoms with E-state index in [0.717, 1.165) is 11.3 Å². The molecule has 150 valence electrons. The highest BCUT2D eigenvalue weighted by atomic mass is 16.5. The smallest absolute Gasteiger partial charge is 0.330 e. The van der Waals surface area contributed by atoms with Crippen LogP contribution in [-0.4, -0.2) is 42.7 Å². The monoisotopic (exact) mass is 395 g/mol. The second-order valence-corrected chi connectivity index (χ2v) is 7.04. The van der Waals surface area contributed by atoms with Gasteiger partial charge in [-0.05, 0) is 47.9 Å². The number of hydrogen-bond donors (Lipinski definition) is 3. The van der Waals surface area contributed by atoms with Crippen LogP contribution in [0.15, 0.2) is 36.4 Å². The number of nitrogens with zero attached hydrogens (tertiary/aromatic N) is 1. The Kier molecular flexibility index (Phi) is 4.84. The molecule has 1 atom stereocenters. The van der Waals surface area contributed by atoms with Crippen LogP contribution in [-0.2, 0) is 11.2 Å². The highest BCUT2D eigenvalue weighted by molar-refractivity contribution is 6.01. The van der Waals surface area contributed by atoms with Crippen LogP contribution >= 0.6 is 0 Å². The van der Waals surface area contributed by atoms with Gasteiger partial charge in [0.25, 0.3) is 5.91 Å². The summed E-state index contributed by atoms with van der Waals surface area (Å²) in [5.41, 5.74) is 3.00. The van der Waals surface area contributed by atoms with E-state index in [1.807, 2.05) is 0 Å². The lowest BCUT2D eigenvalue weighted by Gasteiger charge is -2.20. The Morgan fingerprint density at radius 1 is 1.28 bits per heavy atom. The Hall–Kier alpha value is -3.55. The first kappa shape index (κ1) is 18.8. The first-order valence-electron chi connectivity index (χ1n) is 9.40. The lowest BCUT2D eigenvalue weighted by molar-refractivity contribution is -0.139. The highest BCUT2D eigenvalue weighted by Gasteiger charge is 2.28. The molecule has 2 aliphatic heterocycles. The number of nitrogens with one attached hydrogen (secondary N) is 2. The van der Waals surface area contributed by atoms with Gasteiger partial charge < -0.3 is 20.5 Å². The number of aliphatic carboxylic acids is 1. The first-order chi connectivity index (χ1) is 14.0. The van der Waals surface area contributed by atoms with E-state index in [-0.39, 0.29) is 6.03 Å². The molecule has 0 radical (unpaired) electrons. The summed E-state index contributed by atoms with van der Waals surface area (Å²) in [5, 5.41) is 15.0. The van der Waals surface area contributed by atoms with Gasteiger partial charge in [-0.15, -0.1) is 0 Å². The van der Waals surface area contributed by atoms with Crippen LogP contribution in [0.2, 0.25) is 0 Å². The molecular formula is C21H21N3O5. The Bertz CT molecular complexity index is 1000. The molecule has 2 aliphatic rings. The summed E-state index contributed by atoms with van der Waals surface area (Å²) in [4.78, 5) is 38.3. The molecule has 29 heavy (non-hydrogen) atoms. The number of amides is 3. The molecule has 0 saturated carbocycles. The molecule has 1 unspecified atom stereocenters. The third kappa shape index (κ3) is 3.49. The minimum atomic E-state index is -1.19. The van der Waals surface area contributed by atoms with Crippen LogP contribution in [0, 0.1) is 6.92 Å². The van der Waals surface area contributed by atoms with Crippen LogP contribution in [0.5, 0.6) is 5.75 Å². The summed E-state index contributed by atoms with van der Waals surface area (Å²) < 4.78 is 5.46. The summed E-state index contributed by atoms with van der Waals surface area (Å²) >= 11 is 0.